The summed E-state index contributed by atoms with van der Waals surface area (Å²) in [6.07, 6.45) is 6.51. The molecule has 0 aliphatic heterocycles. The van der Waals surface area contributed by atoms with Gasteiger partial charge in [-0.05, 0) is 49.2 Å². The van der Waals surface area contributed by atoms with Crippen LogP contribution in [0.1, 0.15) is 37.1 Å². The molecule has 0 atom stereocenters. The molecule has 0 unspecified atom stereocenters. The van der Waals surface area contributed by atoms with Crippen molar-refractivity contribution in [3.8, 4) is 0 Å². The third-order valence-electron chi connectivity index (χ3n) is 4.94. The average Bonchev–Trinajstić information content (AvgIpc) is 3.13. The molecule has 0 spiro atoms. The summed E-state index contributed by atoms with van der Waals surface area (Å²) in [5.41, 5.74) is 3.02. The summed E-state index contributed by atoms with van der Waals surface area (Å²) in [6, 6.07) is 16.8. The van der Waals surface area contributed by atoms with Gasteiger partial charge in [-0.15, -0.1) is 23.1 Å². The van der Waals surface area contributed by atoms with Crippen LogP contribution in [0.25, 0.3) is 10.2 Å². The Morgan fingerprint density at radius 1 is 1.04 bits per heavy atom. The van der Waals surface area contributed by atoms with Crippen LogP contribution in [0, 0.1) is 0 Å². The predicted octanol–water partition coefficient (Wildman–Crippen LogP) is 5.91. The van der Waals surface area contributed by atoms with Crippen molar-refractivity contribution in [3.05, 3.63) is 53.5 Å². The van der Waals surface area contributed by atoms with Gasteiger partial charge in [0.05, 0.1) is 16.0 Å². The number of thioether (sulfide) groups is 1. The maximum Gasteiger partial charge on any atom is 0.234 e. The van der Waals surface area contributed by atoms with Crippen molar-refractivity contribution >= 4 is 50.6 Å². The molecular formula is C22H25N3OS2. The fourth-order valence-corrected chi connectivity index (χ4v) is 5.39. The summed E-state index contributed by atoms with van der Waals surface area (Å²) in [5, 5.41) is 7.65. The second kappa shape index (κ2) is 9.43. The largest absolute Gasteiger partial charge is 0.382 e. The minimum absolute atomic E-state index is 0.0269. The Hall–Kier alpha value is -2.05. The molecule has 0 saturated heterocycles. The second-order valence-corrected chi connectivity index (χ2v) is 9.27. The van der Waals surface area contributed by atoms with Crippen molar-refractivity contribution in [3.63, 3.8) is 0 Å². The van der Waals surface area contributed by atoms with Gasteiger partial charge in [0, 0.05) is 23.2 Å². The standard InChI is InChI=1S/C22H25N3OS2/c26-21(14-27-15-22-25-19-8-4-5-9-20(19)28-22)24-18-12-10-17(11-13-18)23-16-6-2-1-3-7-16/h4-5,8-13,16,23H,1-3,6-7,14-15H2,(H,24,26). The SMILES string of the molecule is O=C(CSCc1nc2ccccc2s1)Nc1ccc(NC2CCCCC2)cc1. The molecule has 1 heterocycles. The molecule has 3 aromatic rings. The molecule has 2 N–H and O–H groups in total. The minimum atomic E-state index is 0.0269. The number of carbonyl (C=O) groups is 1. The maximum absolute atomic E-state index is 12.2. The predicted molar refractivity (Wildman–Crippen MR) is 121 cm³/mol. The molecule has 6 heteroatoms. The van der Waals surface area contributed by atoms with Crippen molar-refractivity contribution < 1.29 is 4.79 Å². The zero-order chi connectivity index (χ0) is 19.2. The molecule has 1 saturated carbocycles. The van der Waals surface area contributed by atoms with Gasteiger partial charge in [-0.1, -0.05) is 31.4 Å². The fourth-order valence-electron chi connectivity index (χ4n) is 3.54. The fraction of sp³-hybridized carbons (Fsp3) is 0.364. The molecule has 28 heavy (non-hydrogen) atoms. The Bertz CT molecular complexity index is 884. The van der Waals surface area contributed by atoms with Gasteiger partial charge >= 0.3 is 0 Å². The molecule has 1 fully saturated rings. The normalized spacial score (nSPS) is 14.9. The van der Waals surface area contributed by atoms with Crippen molar-refractivity contribution in [2.24, 2.45) is 0 Å². The van der Waals surface area contributed by atoms with Crippen LogP contribution in [-0.4, -0.2) is 22.7 Å². The lowest BCUT2D eigenvalue weighted by atomic mass is 9.95. The van der Waals surface area contributed by atoms with Crippen LogP contribution in [0.5, 0.6) is 0 Å². The van der Waals surface area contributed by atoms with E-state index >= 15 is 0 Å². The highest BCUT2D eigenvalue weighted by Gasteiger charge is 2.13. The Labute approximate surface area is 174 Å². The molecule has 1 aliphatic rings. The van der Waals surface area contributed by atoms with Crippen LogP contribution in [0.3, 0.4) is 0 Å². The van der Waals surface area contributed by atoms with E-state index in [0.717, 1.165) is 27.7 Å². The number of nitrogens with one attached hydrogen (secondary N) is 2. The van der Waals surface area contributed by atoms with Crippen molar-refractivity contribution in [2.45, 2.75) is 43.9 Å². The summed E-state index contributed by atoms with van der Waals surface area (Å²) >= 11 is 3.30. The number of anilines is 2. The molecular weight excluding hydrogens is 386 g/mol. The number of fused-ring (bicyclic) bond motifs is 1. The summed E-state index contributed by atoms with van der Waals surface area (Å²) in [4.78, 5) is 16.8. The third kappa shape index (κ3) is 5.26. The van der Waals surface area contributed by atoms with Gasteiger partial charge in [0.15, 0.2) is 0 Å². The average molecular weight is 412 g/mol. The quantitative estimate of drug-likeness (QED) is 0.507. The van der Waals surface area contributed by atoms with E-state index in [9.17, 15) is 4.79 Å². The number of nitrogens with zero attached hydrogens (tertiary/aromatic N) is 1. The van der Waals surface area contributed by atoms with Gasteiger partial charge in [-0.3, -0.25) is 4.79 Å². The summed E-state index contributed by atoms with van der Waals surface area (Å²) in [5.74, 6) is 1.22. The van der Waals surface area contributed by atoms with E-state index in [1.54, 1.807) is 23.1 Å². The first-order valence-electron chi connectivity index (χ1n) is 9.85. The Kier molecular flexibility index (Phi) is 6.49. The number of benzene rings is 2. The smallest absolute Gasteiger partial charge is 0.234 e. The summed E-state index contributed by atoms with van der Waals surface area (Å²) < 4.78 is 1.20. The van der Waals surface area contributed by atoms with Crippen LogP contribution in [0.4, 0.5) is 11.4 Å². The molecule has 0 bridgehead atoms. The zero-order valence-electron chi connectivity index (χ0n) is 15.8. The van der Waals surface area contributed by atoms with Crippen molar-refractivity contribution in [2.75, 3.05) is 16.4 Å². The van der Waals surface area contributed by atoms with Gasteiger partial charge < -0.3 is 10.6 Å². The highest BCUT2D eigenvalue weighted by atomic mass is 32.2. The molecule has 146 valence electrons. The second-order valence-electron chi connectivity index (χ2n) is 7.17. The van der Waals surface area contributed by atoms with E-state index in [4.69, 9.17) is 0 Å². The molecule has 1 aromatic heterocycles. The van der Waals surface area contributed by atoms with Crippen LogP contribution < -0.4 is 10.6 Å². The topological polar surface area (TPSA) is 54.0 Å². The number of thiazole rings is 1. The van der Waals surface area contributed by atoms with Gasteiger partial charge in [-0.2, -0.15) is 0 Å². The van der Waals surface area contributed by atoms with E-state index < -0.39 is 0 Å². The number of aromatic nitrogens is 1. The molecule has 0 radical (unpaired) electrons. The van der Waals surface area contributed by atoms with Crippen LogP contribution in [0.15, 0.2) is 48.5 Å². The molecule has 2 aromatic carbocycles. The first-order chi connectivity index (χ1) is 13.8. The van der Waals surface area contributed by atoms with Crippen LogP contribution in [0.2, 0.25) is 0 Å². The van der Waals surface area contributed by atoms with Crippen LogP contribution in [-0.2, 0) is 10.5 Å². The Morgan fingerprint density at radius 2 is 1.79 bits per heavy atom. The van der Waals surface area contributed by atoms with E-state index in [0.29, 0.717) is 11.8 Å². The Morgan fingerprint density at radius 3 is 2.57 bits per heavy atom. The number of amides is 1. The molecule has 4 rings (SSSR count). The van der Waals surface area contributed by atoms with Crippen molar-refractivity contribution in [1.82, 2.24) is 4.98 Å². The lowest BCUT2D eigenvalue weighted by molar-refractivity contribution is -0.113. The lowest BCUT2D eigenvalue weighted by Crippen LogP contribution is -2.22. The zero-order valence-corrected chi connectivity index (χ0v) is 17.5. The van der Waals surface area contributed by atoms with Gasteiger partial charge in [0.1, 0.15) is 5.01 Å². The minimum Gasteiger partial charge on any atom is -0.382 e. The van der Waals surface area contributed by atoms with Crippen molar-refractivity contribution in [1.29, 1.82) is 0 Å². The van der Waals surface area contributed by atoms with Gasteiger partial charge in [-0.25, -0.2) is 4.98 Å². The molecule has 1 aliphatic carbocycles. The van der Waals surface area contributed by atoms with Crippen LogP contribution >= 0.6 is 23.1 Å². The number of hydrogen-bond acceptors (Lipinski definition) is 5. The van der Waals surface area contributed by atoms with Gasteiger partial charge in [0.25, 0.3) is 0 Å². The van der Waals surface area contributed by atoms with E-state index in [1.807, 2.05) is 30.3 Å². The van der Waals surface area contributed by atoms with E-state index in [2.05, 4.69) is 33.8 Å². The summed E-state index contributed by atoms with van der Waals surface area (Å²) in [7, 11) is 0. The number of carbonyl (C=O) groups excluding carboxylic acids is 1. The number of rotatable bonds is 7. The third-order valence-corrected chi connectivity index (χ3v) is 7.10. The maximum atomic E-state index is 12.2. The molecule has 1 amide bonds. The highest BCUT2D eigenvalue weighted by molar-refractivity contribution is 7.99. The first-order valence-corrected chi connectivity index (χ1v) is 11.8. The van der Waals surface area contributed by atoms with E-state index in [-0.39, 0.29) is 5.91 Å². The molecule has 4 nitrogen and oxygen atoms in total. The number of para-hydroxylation sites is 1. The monoisotopic (exact) mass is 411 g/mol. The first kappa shape index (κ1) is 19.3. The van der Waals surface area contributed by atoms with E-state index in [1.165, 1.54) is 36.8 Å². The highest BCUT2D eigenvalue weighted by Crippen LogP contribution is 2.25. The summed E-state index contributed by atoms with van der Waals surface area (Å²) in [6.45, 7) is 0. The lowest BCUT2D eigenvalue weighted by Gasteiger charge is -2.23. The Balaban J connectivity index is 1.22. The number of hydrogen-bond donors (Lipinski definition) is 2. The van der Waals surface area contributed by atoms with Gasteiger partial charge in [0.2, 0.25) is 5.91 Å².